The van der Waals surface area contributed by atoms with Crippen LogP contribution in [0.5, 0.6) is 0 Å². The van der Waals surface area contributed by atoms with Crippen LogP contribution in [0.2, 0.25) is 0 Å². The van der Waals surface area contributed by atoms with Gasteiger partial charge in [0.1, 0.15) is 17.3 Å². The fourth-order valence-electron chi connectivity index (χ4n) is 2.70. The molecule has 0 saturated carbocycles. The number of nitrogens with zero attached hydrogens (tertiary/aromatic N) is 3. The molecular formula is C17H17N5O3S. The van der Waals surface area contributed by atoms with E-state index in [1.807, 2.05) is 6.07 Å². The number of aromatic nitrogens is 2. The maximum absolute atomic E-state index is 12.4. The number of nitriles is 1. The Bertz CT molecular complexity index is 980. The fourth-order valence-corrected chi connectivity index (χ4v) is 4.37. The van der Waals surface area contributed by atoms with Crippen molar-refractivity contribution >= 4 is 27.2 Å². The number of anilines is 2. The molecule has 2 N–H and O–H groups in total. The quantitative estimate of drug-likeness (QED) is 0.834. The lowest BCUT2D eigenvalue weighted by molar-refractivity contribution is 0.102. The topological polar surface area (TPSA) is 125 Å². The number of nitrogens with one attached hydrogen (secondary N) is 2. The Morgan fingerprint density at radius 1 is 1.27 bits per heavy atom. The van der Waals surface area contributed by atoms with E-state index in [1.54, 1.807) is 31.2 Å². The molecule has 134 valence electrons. The maximum Gasteiger partial charge on any atom is 0.274 e. The second kappa shape index (κ2) is 7.09. The van der Waals surface area contributed by atoms with E-state index in [0.717, 1.165) is 0 Å². The SMILES string of the molecule is Cc1nc(NC2CCS(=O)(=O)C2)cc(C(=O)Nc2ccc(C#N)cc2)n1. The van der Waals surface area contributed by atoms with Crippen molar-refractivity contribution in [3.8, 4) is 6.07 Å². The van der Waals surface area contributed by atoms with Crippen LogP contribution in [0.15, 0.2) is 30.3 Å². The highest BCUT2D eigenvalue weighted by Crippen LogP contribution is 2.17. The number of carbonyl (C=O) groups excluding carboxylic acids is 1. The van der Waals surface area contributed by atoms with Crippen molar-refractivity contribution in [2.75, 3.05) is 22.1 Å². The van der Waals surface area contributed by atoms with Crippen molar-refractivity contribution in [2.24, 2.45) is 0 Å². The first kappa shape index (κ1) is 17.8. The number of hydrogen-bond donors (Lipinski definition) is 2. The van der Waals surface area contributed by atoms with Gasteiger partial charge < -0.3 is 10.6 Å². The van der Waals surface area contributed by atoms with E-state index < -0.39 is 15.7 Å². The van der Waals surface area contributed by atoms with Gasteiger partial charge in [0.25, 0.3) is 5.91 Å². The first-order valence-corrected chi connectivity index (χ1v) is 9.81. The lowest BCUT2D eigenvalue weighted by Crippen LogP contribution is -2.22. The maximum atomic E-state index is 12.4. The Morgan fingerprint density at radius 2 is 2.00 bits per heavy atom. The summed E-state index contributed by atoms with van der Waals surface area (Å²) < 4.78 is 23.1. The minimum atomic E-state index is -3.01. The van der Waals surface area contributed by atoms with Crippen molar-refractivity contribution in [3.05, 3.63) is 47.4 Å². The molecule has 1 amide bonds. The molecule has 1 aliphatic rings. The number of sulfone groups is 1. The molecule has 2 aromatic rings. The number of aryl methyl sites for hydroxylation is 1. The third-order valence-corrected chi connectivity index (χ3v) is 5.69. The van der Waals surface area contributed by atoms with Crippen LogP contribution < -0.4 is 10.6 Å². The van der Waals surface area contributed by atoms with Gasteiger partial charge >= 0.3 is 0 Å². The van der Waals surface area contributed by atoms with E-state index in [2.05, 4.69) is 20.6 Å². The van der Waals surface area contributed by atoms with E-state index in [0.29, 0.717) is 29.3 Å². The van der Waals surface area contributed by atoms with E-state index in [1.165, 1.54) is 6.07 Å². The smallest absolute Gasteiger partial charge is 0.274 e. The van der Waals surface area contributed by atoms with Gasteiger partial charge in [-0.3, -0.25) is 4.79 Å². The Labute approximate surface area is 151 Å². The predicted molar refractivity (Wildman–Crippen MR) is 96.6 cm³/mol. The molecule has 1 saturated heterocycles. The average Bonchev–Trinajstić information content (AvgIpc) is 2.93. The van der Waals surface area contributed by atoms with E-state index >= 15 is 0 Å². The summed E-state index contributed by atoms with van der Waals surface area (Å²) in [5, 5.41) is 14.6. The molecule has 1 aliphatic heterocycles. The number of carbonyl (C=O) groups is 1. The van der Waals surface area contributed by atoms with Crippen LogP contribution in [0.25, 0.3) is 0 Å². The average molecular weight is 371 g/mol. The summed E-state index contributed by atoms with van der Waals surface area (Å²) in [5.41, 5.74) is 1.21. The molecule has 1 aromatic heterocycles. The van der Waals surface area contributed by atoms with Gasteiger partial charge in [0.15, 0.2) is 9.84 Å². The summed E-state index contributed by atoms with van der Waals surface area (Å²) >= 11 is 0. The van der Waals surface area contributed by atoms with Crippen molar-refractivity contribution in [2.45, 2.75) is 19.4 Å². The van der Waals surface area contributed by atoms with Crippen molar-refractivity contribution in [1.29, 1.82) is 5.26 Å². The van der Waals surface area contributed by atoms with Crippen LogP contribution in [0.4, 0.5) is 11.5 Å². The Hall–Kier alpha value is -2.99. The second-order valence-corrected chi connectivity index (χ2v) is 8.30. The second-order valence-electron chi connectivity index (χ2n) is 6.07. The molecule has 8 nitrogen and oxygen atoms in total. The number of rotatable bonds is 4. The zero-order chi connectivity index (χ0) is 18.7. The minimum Gasteiger partial charge on any atom is -0.366 e. The molecule has 26 heavy (non-hydrogen) atoms. The van der Waals surface area contributed by atoms with Crippen LogP contribution in [0, 0.1) is 18.3 Å². The molecule has 0 radical (unpaired) electrons. The van der Waals surface area contributed by atoms with Gasteiger partial charge in [-0.2, -0.15) is 5.26 Å². The Balaban J connectivity index is 1.74. The number of benzene rings is 1. The van der Waals surface area contributed by atoms with Crippen LogP contribution in [0.1, 0.15) is 28.3 Å². The lowest BCUT2D eigenvalue weighted by Gasteiger charge is -2.13. The summed E-state index contributed by atoms with van der Waals surface area (Å²) in [4.78, 5) is 20.8. The first-order valence-electron chi connectivity index (χ1n) is 7.99. The van der Waals surface area contributed by atoms with Crippen molar-refractivity contribution in [3.63, 3.8) is 0 Å². The van der Waals surface area contributed by atoms with E-state index in [9.17, 15) is 13.2 Å². The highest BCUT2D eigenvalue weighted by Gasteiger charge is 2.28. The van der Waals surface area contributed by atoms with Gasteiger partial charge in [-0.05, 0) is 37.6 Å². The van der Waals surface area contributed by atoms with Crippen LogP contribution in [-0.4, -0.2) is 41.8 Å². The summed E-state index contributed by atoms with van der Waals surface area (Å²) in [5.74, 6) is 0.622. The molecule has 1 unspecified atom stereocenters. The van der Waals surface area contributed by atoms with E-state index in [-0.39, 0.29) is 23.2 Å². The highest BCUT2D eigenvalue weighted by atomic mass is 32.2. The monoisotopic (exact) mass is 371 g/mol. The largest absolute Gasteiger partial charge is 0.366 e. The van der Waals surface area contributed by atoms with Crippen LogP contribution in [-0.2, 0) is 9.84 Å². The molecule has 9 heteroatoms. The predicted octanol–water partition coefficient (Wildman–Crippen LogP) is 1.51. The normalized spacial score (nSPS) is 18.1. The van der Waals surface area contributed by atoms with Gasteiger partial charge in [0.05, 0.1) is 23.1 Å². The van der Waals surface area contributed by atoms with Gasteiger partial charge in [-0.1, -0.05) is 0 Å². The minimum absolute atomic E-state index is 0.0584. The molecule has 1 aromatic carbocycles. The molecule has 2 heterocycles. The molecule has 1 atom stereocenters. The van der Waals surface area contributed by atoms with Gasteiger partial charge in [0, 0.05) is 17.8 Å². The molecular weight excluding hydrogens is 354 g/mol. The molecule has 0 spiro atoms. The van der Waals surface area contributed by atoms with Gasteiger partial charge in [-0.25, -0.2) is 18.4 Å². The van der Waals surface area contributed by atoms with Gasteiger partial charge in [-0.15, -0.1) is 0 Å². The summed E-state index contributed by atoms with van der Waals surface area (Å²) in [6.45, 7) is 1.66. The van der Waals surface area contributed by atoms with Crippen molar-refractivity contribution in [1.82, 2.24) is 9.97 Å². The zero-order valence-electron chi connectivity index (χ0n) is 14.1. The molecule has 1 fully saturated rings. The molecule has 0 aliphatic carbocycles. The lowest BCUT2D eigenvalue weighted by atomic mass is 10.2. The first-order chi connectivity index (χ1) is 12.3. The van der Waals surface area contributed by atoms with Crippen LogP contribution in [0.3, 0.4) is 0 Å². The Kier molecular flexibility index (Phi) is 4.86. The molecule has 0 bridgehead atoms. The number of amides is 1. The van der Waals surface area contributed by atoms with Gasteiger partial charge in [0.2, 0.25) is 0 Å². The van der Waals surface area contributed by atoms with Crippen molar-refractivity contribution < 1.29 is 13.2 Å². The summed E-state index contributed by atoms with van der Waals surface area (Å²) in [6, 6.07) is 9.76. The highest BCUT2D eigenvalue weighted by molar-refractivity contribution is 7.91. The fraction of sp³-hybridized carbons (Fsp3) is 0.294. The zero-order valence-corrected chi connectivity index (χ0v) is 14.9. The molecule has 3 rings (SSSR count). The third kappa shape index (κ3) is 4.34. The third-order valence-electron chi connectivity index (χ3n) is 3.93. The Morgan fingerprint density at radius 3 is 2.62 bits per heavy atom. The standard InChI is InChI=1S/C17H17N5O3S/c1-11-19-15(17(23)22-13-4-2-12(9-18)3-5-13)8-16(20-11)21-14-6-7-26(24,25)10-14/h2-5,8,14H,6-7,10H2,1H3,(H,22,23)(H,19,20,21). The number of hydrogen-bond acceptors (Lipinski definition) is 7. The summed E-state index contributed by atoms with van der Waals surface area (Å²) in [7, 11) is -3.01. The summed E-state index contributed by atoms with van der Waals surface area (Å²) in [6.07, 6.45) is 0.512. The van der Waals surface area contributed by atoms with Crippen LogP contribution >= 0.6 is 0 Å². The van der Waals surface area contributed by atoms with E-state index in [4.69, 9.17) is 5.26 Å².